The molecule has 0 saturated carbocycles. The Morgan fingerprint density at radius 3 is 2.21 bits per heavy atom. The molecular weight excluding hydrogens is 703 g/mol. The van der Waals surface area contributed by atoms with E-state index in [9.17, 15) is 0 Å². The zero-order valence-corrected chi connectivity index (χ0v) is 31.1. The molecular formula is C51H39N3O3. The molecule has 0 radical (unpaired) electrons. The van der Waals surface area contributed by atoms with Crippen LogP contribution in [-0.4, -0.2) is 6.10 Å². The van der Waals surface area contributed by atoms with Crippen molar-refractivity contribution in [1.82, 2.24) is 10.6 Å². The van der Waals surface area contributed by atoms with E-state index < -0.39 is 6.17 Å². The Bertz CT molecular complexity index is 3020. The molecule has 9 aromatic rings. The van der Waals surface area contributed by atoms with Gasteiger partial charge in [0.15, 0.2) is 0 Å². The third kappa shape index (κ3) is 5.77. The van der Waals surface area contributed by atoms with E-state index in [0.717, 1.165) is 83.0 Å². The van der Waals surface area contributed by atoms with E-state index in [4.69, 9.17) is 19.3 Å². The first-order valence-corrected chi connectivity index (χ1v) is 19.6. The van der Waals surface area contributed by atoms with Gasteiger partial charge < -0.3 is 19.3 Å². The van der Waals surface area contributed by atoms with Crippen LogP contribution in [0.1, 0.15) is 46.1 Å². The molecule has 276 valence electrons. The zero-order valence-electron chi connectivity index (χ0n) is 31.1. The summed E-state index contributed by atoms with van der Waals surface area (Å²) in [5, 5.41) is 11.6. The normalized spacial score (nSPS) is 17.1. The average molecular weight is 742 g/mol. The fraction of sp³-hybridized carbons (Fsp3) is 0.0980. The Morgan fingerprint density at radius 1 is 0.596 bits per heavy atom. The van der Waals surface area contributed by atoms with Gasteiger partial charge >= 0.3 is 0 Å². The Labute approximate surface area is 329 Å². The first-order chi connectivity index (χ1) is 28.2. The van der Waals surface area contributed by atoms with E-state index in [2.05, 4.69) is 150 Å². The lowest BCUT2D eigenvalue weighted by atomic mass is 9.83. The van der Waals surface area contributed by atoms with E-state index in [1.165, 1.54) is 11.1 Å². The van der Waals surface area contributed by atoms with Gasteiger partial charge in [0.05, 0.1) is 12.3 Å². The zero-order chi connectivity index (χ0) is 37.9. The number of hydrogen-bond donors (Lipinski definition) is 3. The molecule has 57 heavy (non-hydrogen) atoms. The van der Waals surface area contributed by atoms with Crippen molar-refractivity contribution in [1.29, 1.82) is 0 Å². The molecule has 0 spiro atoms. The predicted octanol–water partition coefficient (Wildman–Crippen LogP) is 11.7. The van der Waals surface area contributed by atoms with E-state index >= 15 is 0 Å². The monoisotopic (exact) mass is 741 g/mol. The third-order valence-electron chi connectivity index (χ3n) is 11.6. The summed E-state index contributed by atoms with van der Waals surface area (Å²) in [4.78, 5) is 0. The van der Waals surface area contributed by atoms with Crippen LogP contribution in [0.3, 0.4) is 0 Å². The SMILES string of the molecule is NC(NC(NCc1ccccc1)c1ccccc1)c1ccc2oc3cccc(C4=CC=CC5c6cccc(-c7cccc8c7oc7ccccc78)c6OC45)c3c2c1. The van der Waals surface area contributed by atoms with Gasteiger partial charge in [-0.25, -0.2) is 0 Å². The number of hydrogen-bond acceptors (Lipinski definition) is 6. The summed E-state index contributed by atoms with van der Waals surface area (Å²) < 4.78 is 20.1. The second-order valence-electron chi connectivity index (χ2n) is 15.0. The van der Waals surface area contributed by atoms with Crippen molar-refractivity contribution in [2.24, 2.45) is 5.73 Å². The predicted molar refractivity (Wildman–Crippen MR) is 230 cm³/mol. The Balaban J connectivity index is 0.940. The Kier molecular flexibility index (Phi) is 8.14. The molecule has 4 atom stereocenters. The van der Waals surface area contributed by atoms with Gasteiger partial charge in [-0.05, 0) is 46.5 Å². The summed E-state index contributed by atoms with van der Waals surface area (Å²) >= 11 is 0. The van der Waals surface area contributed by atoms with E-state index in [0.29, 0.717) is 6.54 Å². The molecule has 3 heterocycles. The lowest BCUT2D eigenvalue weighted by Gasteiger charge is -2.25. The maximum atomic E-state index is 7.10. The van der Waals surface area contributed by atoms with Crippen molar-refractivity contribution in [2.45, 2.75) is 30.9 Å². The maximum Gasteiger partial charge on any atom is 0.143 e. The van der Waals surface area contributed by atoms with Crippen LogP contribution in [0.25, 0.3) is 60.6 Å². The number of rotatable bonds is 9. The van der Waals surface area contributed by atoms with Crippen LogP contribution in [0.5, 0.6) is 5.75 Å². The molecule has 4 unspecified atom stereocenters. The second-order valence-corrected chi connectivity index (χ2v) is 15.0. The van der Waals surface area contributed by atoms with Crippen molar-refractivity contribution in [3.8, 4) is 16.9 Å². The Morgan fingerprint density at radius 2 is 1.32 bits per heavy atom. The van der Waals surface area contributed by atoms with Crippen molar-refractivity contribution in [3.05, 3.63) is 204 Å². The van der Waals surface area contributed by atoms with Gasteiger partial charge in [-0.2, -0.15) is 0 Å². The molecule has 7 aromatic carbocycles. The number of nitrogens with one attached hydrogen (secondary N) is 2. The van der Waals surface area contributed by atoms with E-state index in [1.807, 2.05) is 36.4 Å². The van der Waals surface area contributed by atoms with Crippen LogP contribution in [0.2, 0.25) is 0 Å². The summed E-state index contributed by atoms with van der Waals surface area (Å²) in [5.74, 6) is 0.949. The van der Waals surface area contributed by atoms with Crippen LogP contribution >= 0.6 is 0 Å². The quantitative estimate of drug-likeness (QED) is 0.128. The molecule has 4 N–H and O–H groups in total. The molecule has 1 aliphatic carbocycles. The van der Waals surface area contributed by atoms with Gasteiger partial charge in [0.25, 0.3) is 0 Å². The third-order valence-corrected chi connectivity index (χ3v) is 11.6. The molecule has 2 aromatic heterocycles. The number of nitrogens with two attached hydrogens (primary N) is 1. The summed E-state index contributed by atoms with van der Waals surface area (Å²) in [5.41, 5.74) is 19.1. The fourth-order valence-electron chi connectivity index (χ4n) is 8.85. The minimum atomic E-state index is -0.455. The molecule has 0 saturated heterocycles. The van der Waals surface area contributed by atoms with Gasteiger partial charge in [-0.15, -0.1) is 0 Å². The first-order valence-electron chi connectivity index (χ1n) is 19.6. The summed E-state index contributed by atoms with van der Waals surface area (Å²) in [6.45, 7) is 0.698. The highest BCUT2D eigenvalue weighted by atomic mass is 16.5. The standard InChI is InChI=1S/C51H39N3O3/c52-50(54-51(32-15-5-2-6-16-32)53-30-31-13-3-1-4-14-31)33-27-28-44-42(29-33)46-35(18-12-26-45(46)55-44)37-20-10-22-40-41-24-11-23-39(49(41)57-48(37)40)38-21-9-19-36-34-17-7-8-25-43(34)56-47(36)38/h1-29,40,48,50-51,53-54H,30,52H2. The van der Waals surface area contributed by atoms with Gasteiger partial charge in [0.2, 0.25) is 0 Å². The highest BCUT2D eigenvalue weighted by molar-refractivity contribution is 6.12. The smallest absolute Gasteiger partial charge is 0.143 e. The fourth-order valence-corrected chi connectivity index (χ4v) is 8.85. The van der Waals surface area contributed by atoms with Crippen LogP contribution in [0, 0.1) is 0 Å². The van der Waals surface area contributed by atoms with E-state index in [1.54, 1.807) is 0 Å². The molecule has 0 fully saturated rings. The molecule has 1 aliphatic heterocycles. The highest BCUT2D eigenvalue weighted by Gasteiger charge is 2.39. The van der Waals surface area contributed by atoms with E-state index in [-0.39, 0.29) is 18.2 Å². The lowest BCUT2D eigenvalue weighted by molar-refractivity contribution is 0.279. The lowest BCUT2D eigenvalue weighted by Crippen LogP contribution is -2.39. The Hall–Kier alpha value is -6.70. The van der Waals surface area contributed by atoms with Crippen molar-refractivity contribution in [2.75, 3.05) is 0 Å². The first kappa shape index (κ1) is 33.6. The largest absolute Gasteiger partial charge is 0.484 e. The minimum absolute atomic E-state index is 0.0507. The molecule has 6 heteroatoms. The molecule has 6 nitrogen and oxygen atoms in total. The average Bonchev–Trinajstić information content (AvgIpc) is 3.97. The number of fused-ring (bicyclic) bond motifs is 9. The van der Waals surface area contributed by atoms with Crippen molar-refractivity contribution >= 4 is 49.5 Å². The number of benzene rings is 7. The topological polar surface area (TPSA) is 85.6 Å². The number of para-hydroxylation sites is 3. The van der Waals surface area contributed by atoms with Crippen molar-refractivity contribution < 1.29 is 13.6 Å². The summed E-state index contributed by atoms with van der Waals surface area (Å²) in [7, 11) is 0. The van der Waals surface area contributed by atoms with Crippen LogP contribution < -0.4 is 21.1 Å². The maximum absolute atomic E-state index is 7.10. The van der Waals surface area contributed by atoms with Crippen molar-refractivity contribution in [3.63, 3.8) is 0 Å². The number of furan rings is 2. The van der Waals surface area contributed by atoms with Gasteiger partial charge in [-0.1, -0.05) is 152 Å². The second kappa shape index (κ2) is 13.8. The number of allylic oxidation sites excluding steroid dienone is 2. The van der Waals surface area contributed by atoms with Crippen LogP contribution in [-0.2, 0) is 6.54 Å². The van der Waals surface area contributed by atoms with Crippen LogP contribution in [0.15, 0.2) is 185 Å². The van der Waals surface area contributed by atoms with Gasteiger partial charge in [0.1, 0.15) is 34.2 Å². The highest BCUT2D eigenvalue weighted by Crippen LogP contribution is 2.52. The van der Waals surface area contributed by atoms with Crippen LogP contribution in [0.4, 0.5) is 0 Å². The minimum Gasteiger partial charge on any atom is -0.484 e. The molecule has 0 amide bonds. The van der Waals surface area contributed by atoms with Gasteiger partial charge in [-0.3, -0.25) is 10.6 Å². The molecule has 11 rings (SSSR count). The molecule has 0 bridgehead atoms. The summed E-state index contributed by atoms with van der Waals surface area (Å²) in [6.07, 6.45) is 5.78. The number of ether oxygens (including phenoxy) is 1. The molecule has 2 aliphatic rings. The summed E-state index contributed by atoms with van der Waals surface area (Å²) in [6, 6.07) is 54.4. The van der Waals surface area contributed by atoms with Gasteiger partial charge in [0, 0.05) is 56.3 Å².